The number of rotatable bonds is 8. The maximum absolute atomic E-state index is 5.61. The van der Waals surface area contributed by atoms with Crippen molar-refractivity contribution in [2.75, 3.05) is 6.61 Å². The van der Waals surface area contributed by atoms with Crippen LogP contribution in [0.1, 0.15) is 45.4 Å². The minimum Gasteiger partial charge on any atom is -0.467 e. The standard InChI is InChI=1S/C14H25NO2/c1-11(2)5-7-16-10-14-13(6-8-17-14)9-15-12(3)4/h6,8,11-12,15H,5,7,9-10H2,1-4H3. The van der Waals surface area contributed by atoms with Crippen molar-refractivity contribution in [3.8, 4) is 0 Å². The molecule has 3 heteroatoms. The van der Waals surface area contributed by atoms with Crippen molar-refractivity contribution in [2.24, 2.45) is 5.92 Å². The number of furan rings is 1. The predicted molar refractivity (Wildman–Crippen MR) is 69.8 cm³/mol. The van der Waals surface area contributed by atoms with Crippen molar-refractivity contribution in [3.63, 3.8) is 0 Å². The second-order valence-electron chi connectivity index (χ2n) is 5.14. The fourth-order valence-corrected chi connectivity index (χ4v) is 1.45. The molecule has 1 N–H and O–H groups in total. The molecule has 0 aliphatic carbocycles. The summed E-state index contributed by atoms with van der Waals surface area (Å²) >= 11 is 0. The van der Waals surface area contributed by atoms with Gasteiger partial charge in [0.05, 0.1) is 6.26 Å². The largest absolute Gasteiger partial charge is 0.467 e. The lowest BCUT2D eigenvalue weighted by Crippen LogP contribution is -2.22. The third-order valence-electron chi connectivity index (χ3n) is 2.61. The van der Waals surface area contributed by atoms with Crippen molar-refractivity contribution in [2.45, 2.75) is 53.3 Å². The van der Waals surface area contributed by atoms with E-state index in [0.29, 0.717) is 18.6 Å². The molecule has 0 aliphatic heterocycles. The number of hydrogen-bond donors (Lipinski definition) is 1. The van der Waals surface area contributed by atoms with E-state index in [1.807, 2.05) is 6.07 Å². The molecule has 0 saturated heterocycles. The minimum atomic E-state index is 0.486. The van der Waals surface area contributed by atoms with Crippen molar-refractivity contribution in [1.82, 2.24) is 5.32 Å². The molecular weight excluding hydrogens is 214 g/mol. The Hall–Kier alpha value is -0.800. The van der Waals surface area contributed by atoms with Gasteiger partial charge in [-0.2, -0.15) is 0 Å². The molecule has 0 aromatic carbocycles. The Balaban J connectivity index is 2.30. The monoisotopic (exact) mass is 239 g/mol. The van der Waals surface area contributed by atoms with Crippen LogP contribution in [0.4, 0.5) is 0 Å². The quantitative estimate of drug-likeness (QED) is 0.706. The second kappa shape index (κ2) is 7.51. The van der Waals surface area contributed by atoms with Crippen molar-refractivity contribution >= 4 is 0 Å². The summed E-state index contributed by atoms with van der Waals surface area (Å²) in [6.45, 7) is 10.9. The highest BCUT2D eigenvalue weighted by Crippen LogP contribution is 2.12. The van der Waals surface area contributed by atoms with Crippen LogP contribution in [0.15, 0.2) is 16.7 Å². The highest BCUT2D eigenvalue weighted by molar-refractivity contribution is 5.16. The molecule has 0 saturated carbocycles. The van der Waals surface area contributed by atoms with Crippen LogP contribution in [-0.2, 0) is 17.9 Å². The molecule has 0 radical (unpaired) electrons. The molecule has 1 heterocycles. The molecule has 1 aromatic heterocycles. The van der Waals surface area contributed by atoms with E-state index < -0.39 is 0 Å². The van der Waals surface area contributed by atoms with Crippen LogP contribution in [0.5, 0.6) is 0 Å². The number of hydrogen-bond acceptors (Lipinski definition) is 3. The summed E-state index contributed by atoms with van der Waals surface area (Å²) in [4.78, 5) is 0. The molecule has 0 bridgehead atoms. The molecule has 0 fully saturated rings. The zero-order valence-electron chi connectivity index (χ0n) is 11.5. The van der Waals surface area contributed by atoms with Gasteiger partial charge in [0.15, 0.2) is 0 Å². The normalized spacial score (nSPS) is 11.6. The highest BCUT2D eigenvalue weighted by Gasteiger charge is 2.07. The maximum atomic E-state index is 5.61. The van der Waals surface area contributed by atoms with Gasteiger partial charge in [-0.05, 0) is 18.4 Å². The van der Waals surface area contributed by atoms with Gasteiger partial charge in [0.1, 0.15) is 12.4 Å². The molecule has 98 valence electrons. The van der Waals surface area contributed by atoms with Gasteiger partial charge in [-0.25, -0.2) is 0 Å². The van der Waals surface area contributed by atoms with Gasteiger partial charge in [0.2, 0.25) is 0 Å². The van der Waals surface area contributed by atoms with Gasteiger partial charge >= 0.3 is 0 Å². The molecule has 3 nitrogen and oxygen atoms in total. The first kappa shape index (κ1) is 14.3. The molecule has 1 aromatic rings. The SMILES string of the molecule is CC(C)CCOCc1occc1CNC(C)C. The topological polar surface area (TPSA) is 34.4 Å². The smallest absolute Gasteiger partial charge is 0.133 e. The first-order valence-corrected chi connectivity index (χ1v) is 6.46. The van der Waals surface area contributed by atoms with Gasteiger partial charge in [-0.1, -0.05) is 27.7 Å². The van der Waals surface area contributed by atoms with E-state index in [4.69, 9.17) is 9.15 Å². The fourth-order valence-electron chi connectivity index (χ4n) is 1.45. The third-order valence-corrected chi connectivity index (χ3v) is 2.61. The summed E-state index contributed by atoms with van der Waals surface area (Å²) in [5.74, 6) is 1.63. The molecule has 0 atom stereocenters. The predicted octanol–water partition coefficient (Wildman–Crippen LogP) is 3.34. The van der Waals surface area contributed by atoms with Crippen LogP contribution in [0.25, 0.3) is 0 Å². The summed E-state index contributed by atoms with van der Waals surface area (Å²) in [5.41, 5.74) is 1.20. The Morgan fingerprint density at radius 2 is 2.06 bits per heavy atom. The van der Waals surface area contributed by atoms with Crippen LogP contribution in [0, 0.1) is 5.92 Å². The molecular formula is C14H25NO2. The van der Waals surface area contributed by atoms with Gasteiger partial charge < -0.3 is 14.5 Å². The number of ether oxygens (including phenoxy) is 1. The van der Waals surface area contributed by atoms with E-state index in [9.17, 15) is 0 Å². The van der Waals surface area contributed by atoms with Crippen LogP contribution in [-0.4, -0.2) is 12.6 Å². The lowest BCUT2D eigenvalue weighted by Gasteiger charge is -2.09. The number of nitrogens with one attached hydrogen (secondary N) is 1. The summed E-state index contributed by atoms with van der Waals surface area (Å²) in [5, 5.41) is 3.38. The van der Waals surface area contributed by atoms with Crippen molar-refractivity contribution < 1.29 is 9.15 Å². The minimum absolute atomic E-state index is 0.486. The summed E-state index contributed by atoms with van der Waals surface area (Å²) < 4.78 is 11.1. The van der Waals surface area contributed by atoms with Crippen LogP contribution in [0.2, 0.25) is 0 Å². The molecule has 0 unspecified atom stereocenters. The van der Waals surface area contributed by atoms with Crippen LogP contribution < -0.4 is 5.32 Å². The molecule has 0 aliphatic rings. The van der Waals surface area contributed by atoms with Crippen LogP contribution >= 0.6 is 0 Å². The zero-order chi connectivity index (χ0) is 12.7. The maximum Gasteiger partial charge on any atom is 0.133 e. The summed E-state index contributed by atoms with van der Waals surface area (Å²) in [7, 11) is 0. The third kappa shape index (κ3) is 5.89. The van der Waals surface area contributed by atoms with Crippen molar-refractivity contribution in [1.29, 1.82) is 0 Å². The van der Waals surface area contributed by atoms with E-state index in [1.54, 1.807) is 6.26 Å². The van der Waals surface area contributed by atoms with E-state index in [0.717, 1.165) is 25.3 Å². The summed E-state index contributed by atoms with van der Waals surface area (Å²) in [6.07, 6.45) is 2.83. The van der Waals surface area contributed by atoms with E-state index in [1.165, 1.54) is 5.56 Å². The molecule has 0 amide bonds. The zero-order valence-corrected chi connectivity index (χ0v) is 11.5. The first-order valence-electron chi connectivity index (χ1n) is 6.46. The summed E-state index contributed by atoms with van der Waals surface area (Å²) in [6, 6.07) is 2.50. The first-order chi connectivity index (χ1) is 8.09. The van der Waals surface area contributed by atoms with Crippen LogP contribution in [0.3, 0.4) is 0 Å². The lowest BCUT2D eigenvalue weighted by molar-refractivity contribution is 0.0962. The second-order valence-corrected chi connectivity index (χ2v) is 5.14. The molecule has 17 heavy (non-hydrogen) atoms. The van der Waals surface area contributed by atoms with E-state index in [-0.39, 0.29) is 0 Å². The highest BCUT2D eigenvalue weighted by atomic mass is 16.5. The van der Waals surface area contributed by atoms with Gasteiger partial charge in [0.25, 0.3) is 0 Å². The fraction of sp³-hybridized carbons (Fsp3) is 0.714. The lowest BCUT2D eigenvalue weighted by atomic mass is 10.1. The molecule has 0 spiro atoms. The Labute approximate surface area is 105 Å². The van der Waals surface area contributed by atoms with Gasteiger partial charge in [-0.15, -0.1) is 0 Å². The Morgan fingerprint density at radius 3 is 2.71 bits per heavy atom. The van der Waals surface area contributed by atoms with E-state index in [2.05, 4.69) is 33.0 Å². The van der Waals surface area contributed by atoms with E-state index >= 15 is 0 Å². The van der Waals surface area contributed by atoms with Crippen molar-refractivity contribution in [3.05, 3.63) is 23.7 Å². The Bertz CT molecular complexity index is 305. The molecule has 1 rings (SSSR count). The Kier molecular flexibility index (Phi) is 6.30. The Morgan fingerprint density at radius 1 is 1.29 bits per heavy atom. The average Bonchev–Trinajstić information content (AvgIpc) is 2.68. The van der Waals surface area contributed by atoms with Gasteiger partial charge in [0, 0.05) is 24.8 Å². The van der Waals surface area contributed by atoms with Gasteiger partial charge in [-0.3, -0.25) is 0 Å². The average molecular weight is 239 g/mol.